The first-order chi connectivity index (χ1) is 6.83. The summed E-state index contributed by atoms with van der Waals surface area (Å²) in [4.78, 5) is 6.16. The zero-order valence-electron chi connectivity index (χ0n) is 7.54. The second-order valence-corrected chi connectivity index (χ2v) is 3.51. The molecule has 5 nitrogen and oxygen atoms in total. The van der Waals surface area contributed by atoms with Gasteiger partial charge in [0.15, 0.2) is 5.65 Å². The van der Waals surface area contributed by atoms with E-state index in [1.165, 1.54) is 6.33 Å². The van der Waals surface area contributed by atoms with Crippen LogP contribution < -0.4 is 4.90 Å². The van der Waals surface area contributed by atoms with E-state index in [1.54, 1.807) is 4.52 Å². The van der Waals surface area contributed by atoms with Gasteiger partial charge in [0.2, 0.25) is 0 Å². The molecule has 0 spiro atoms. The molecule has 14 heavy (non-hydrogen) atoms. The third-order valence-corrected chi connectivity index (χ3v) is 2.49. The van der Waals surface area contributed by atoms with Gasteiger partial charge in [0.25, 0.3) is 0 Å². The normalized spacial score (nSPS) is 17.4. The zero-order valence-corrected chi connectivity index (χ0v) is 7.54. The Morgan fingerprint density at radius 1 is 1.36 bits per heavy atom. The van der Waals surface area contributed by atoms with E-state index in [0.717, 1.165) is 11.3 Å². The fraction of sp³-hybridized carbons (Fsp3) is 0.333. The van der Waals surface area contributed by atoms with Crippen LogP contribution in [-0.2, 0) is 0 Å². The van der Waals surface area contributed by atoms with E-state index in [2.05, 4.69) is 15.0 Å². The lowest BCUT2D eigenvalue weighted by molar-refractivity contribution is 0.142. The number of aromatic nitrogens is 3. The predicted octanol–water partition coefficient (Wildman–Crippen LogP) is -0.0898. The average Bonchev–Trinajstić information content (AvgIpc) is 2.59. The topological polar surface area (TPSA) is 53.7 Å². The predicted molar refractivity (Wildman–Crippen MR) is 51.2 cm³/mol. The van der Waals surface area contributed by atoms with Crippen molar-refractivity contribution in [3.05, 3.63) is 24.7 Å². The molecule has 1 aliphatic rings. The van der Waals surface area contributed by atoms with Gasteiger partial charge in [-0.1, -0.05) is 0 Å². The van der Waals surface area contributed by atoms with E-state index in [1.807, 2.05) is 18.3 Å². The molecule has 0 radical (unpaired) electrons. The first-order valence-corrected chi connectivity index (χ1v) is 4.55. The number of anilines is 1. The van der Waals surface area contributed by atoms with E-state index in [4.69, 9.17) is 0 Å². The number of pyridine rings is 1. The van der Waals surface area contributed by atoms with Crippen molar-refractivity contribution in [2.45, 2.75) is 6.10 Å². The van der Waals surface area contributed by atoms with Gasteiger partial charge in [-0.2, -0.15) is 5.10 Å². The number of nitrogens with zero attached hydrogens (tertiary/aromatic N) is 4. The molecule has 0 atom stereocenters. The minimum atomic E-state index is -0.179. The maximum atomic E-state index is 9.18. The largest absolute Gasteiger partial charge is 0.389 e. The Labute approximate surface area is 80.6 Å². The number of aliphatic hydroxyl groups is 1. The van der Waals surface area contributed by atoms with Crippen LogP contribution in [0.1, 0.15) is 0 Å². The molecule has 3 rings (SSSR count). The maximum absolute atomic E-state index is 9.18. The molecule has 1 N–H and O–H groups in total. The van der Waals surface area contributed by atoms with Crippen LogP contribution in [0.3, 0.4) is 0 Å². The van der Waals surface area contributed by atoms with E-state index in [-0.39, 0.29) is 6.10 Å². The average molecular weight is 190 g/mol. The van der Waals surface area contributed by atoms with Crippen LogP contribution in [0.15, 0.2) is 24.7 Å². The van der Waals surface area contributed by atoms with Crippen molar-refractivity contribution in [1.82, 2.24) is 14.6 Å². The second-order valence-electron chi connectivity index (χ2n) is 3.51. The van der Waals surface area contributed by atoms with Gasteiger partial charge >= 0.3 is 0 Å². The molecule has 3 heterocycles. The van der Waals surface area contributed by atoms with Gasteiger partial charge in [0, 0.05) is 13.1 Å². The Balaban J connectivity index is 1.97. The smallest absolute Gasteiger partial charge is 0.155 e. The Morgan fingerprint density at radius 2 is 2.21 bits per heavy atom. The van der Waals surface area contributed by atoms with Crippen molar-refractivity contribution in [3.63, 3.8) is 0 Å². The van der Waals surface area contributed by atoms with Gasteiger partial charge in [-0.25, -0.2) is 9.50 Å². The second kappa shape index (κ2) is 2.68. The van der Waals surface area contributed by atoms with Gasteiger partial charge in [0.05, 0.1) is 18.0 Å². The fourth-order valence-corrected chi connectivity index (χ4v) is 1.66. The van der Waals surface area contributed by atoms with Crippen LogP contribution in [-0.4, -0.2) is 38.9 Å². The van der Waals surface area contributed by atoms with E-state index >= 15 is 0 Å². The number of hydrogen-bond donors (Lipinski definition) is 1. The lowest BCUT2D eigenvalue weighted by Crippen LogP contribution is -2.50. The highest BCUT2D eigenvalue weighted by atomic mass is 16.3. The highest BCUT2D eigenvalue weighted by Gasteiger charge is 2.24. The Bertz CT molecular complexity index is 461. The van der Waals surface area contributed by atoms with Crippen LogP contribution in [0.5, 0.6) is 0 Å². The van der Waals surface area contributed by atoms with Gasteiger partial charge < -0.3 is 10.0 Å². The molecule has 0 unspecified atom stereocenters. The summed E-state index contributed by atoms with van der Waals surface area (Å²) in [6, 6.07) is 3.92. The van der Waals surface area contributed by atoms with Crippen molar-refractivity contribution in [3.8, 4) is 0 Å². The summed E-state index contributed by atoms with van der Waals surface area (Å²) in [6.07, 6.45) is 3.28. The molecular weight excluding hydrogens is 180 g/mol. The first-order valence-electron chi connectivity index (χ1n) is 4.55. The molecular formula is C9H10N4O. The third kappa shape index (κ3) is 1.06. The van der Waals surface area contributed by atoms with Crippen LogP contribution in [0, 0.1) is 0 Å². The molecule has 2 aromatic heterocycles. The van der Waals surface area contributed by atoms with Crippen molar-refractivity contribution in [1.29, 1.82) is 0 Å². The molecule has 0 saturated carbocycles. The summed E-state index contributed by atoms with van der Waals surface area (Å²) in [7, 11) is 0. The monoisotopic (exact) mass is 190 g/mol. The van der Waals surface area contributed by atoms with E-state index in [9.17, 15) is 5.11 Å². The van der Waals surface area contributed by atoms with Crippen molar-refractivity contribution >= 4 is 11.3 Å². The van der Waals surface area contributed by atoms with Crippen LogP contribution in [0.2, 0.25) is 0 Å². The van der Waals surface area contributed by atoms with Gasteiger partial charge in [-0.05, 0) is 12.1 Å². The summed E-state index contributed by atoms with van der Waals surface area (Å²) >= 11 is 0. The summed E-state index contributed by atoms with van der Waals surface area (Å²) < 4.78 is 1.74. The van der Waals surface area contributed by atoms with Crippen LogP contribution in [0.4, 0.5) is 5.69 Å². The quantitative estimate of drug-likeness (QED) is 0.682. The number of aliphatic hydroxyl groups excluding tert-OH is 1. The lowest BCUT2D eigenvalue weighted by Gasteiger charge is -2.37. The van der Waals surface area contributed by atoms with Crippen molar-refractivity contribution in [2.75, 3.05) is 18.0 Å². The number of hydrogen-bond acceptors (Lipinski definition) is 4. The Morgan fingerprint density at radius 3 is 3.00 bits per heavy atom. The highest BCUT2D eigenvalue weighted by Crippen LogP contribution is 2.20. The molecule has 2 aromatic rings. The Kier molecular flexibility index (Phi) is 1.49. The zero-order chi connectivity index (χ0) is 9.54. The first kappa shape index (κ1) is 7.75. The minimum Gasteiger partial charge on any atom is -0.389 e. The molecule has 1 aliphatic heterocycles. The molecule has 1 fully saturated rings. The molecule has 72 valence electrons. The third-order valence-electron chi connectivity index (χ3n) is 2.49. The molecule has 5 heteroatoms. The lowest BCUT2D eigenvalue weighted by atomic mass is 10.1. The standard InChI is InChI=1S/C9H10N4O/c14-8-4-12(5-8)7-1-2-9-10-6-11-13(9)3-7/h1-3,6,8,14H,4-5H2. The summed E-state index contributed by atoms with van der Waals surface area (Å²) in [5.74, 6) is 0. The van der Waals surface area contributed by atoms with Gasteiger partial charge in [-0.3, -0.25) is 0 Å². The summed E-state index contributed by atoms with van der Waals surface area (Å²) in [5.41, 5.74) is 1.92. The Hall–Kier alpha value is -1.62. The fourth-order valence-electron chi connectivity index (χ4n) is 1.66. The minimum absolute atomic E-state index is 0.179. The van der Waals surface area contributed by atoms with Gasteiger partial charge in [-0.15, -0.1) is 0 Å². The molecule has 1 saturated heterocycles. The number of rotatable bonds is 1. The van der Waals surface area contributed by atoms with Crippen LogP contribution >= 0.6 is 0 Å². The molecule has 0 bridgehead atoms. The number of fused-ring (bicyclic) bond motifs is 1. The molecule has 0 aliphatic carbocycles. The van der Waals surface area contributed by atoms with Crippen molar-refractivity contribution < 1.29 is 5.11 Å². The highest BCUT2D eigenvalue weighted by molar-refractivity contribution is 5.52. The maximum Gasteiger partial charge on any atom is 0.155 e. The molecule has 0 amide bonds. The van der Waals surface area contributed by atoms with E-state index in [0.29, 0.717) is 13.1 Å². The van der Waals surface area contributed by atoms with Crippen LogP contribution in [0.25, 0.3) is 5.65 Å². The number of β-amino-alcohol motifs (C(OH)–C–C–N with tert-alkyl or cyclic N) is 1. The van der Waals surface area contributed by atoms with Gasteiger partial charge in [0.1, 0.15) is 6.33 Å². The SMILES string of the molecule is OC1CN(c2ccc3ncnn3c2)C1. The summed E-state index contributed by atoms with van der Waals surface area (Å²) in [6.45, 7) is 1.42. The summed E-state index contributed by atoms with van der Waals surface area (Å²) in [5, 5.41) is 13.2. The molecule has 0 aromatic carbocycles. The van der Waals surface area contributed by atoms with E-state index < -0.39 is 0 Å². The van der Waals surface area contributed by atoms with Crippen molar-refractivity contribution in [2.24, 2.45) is 0 Å².